The summed E-state index contributed by atoms with van der Waals surface area (Å²) < 4.78 is 0. The minimum atomic E-state index is 0.417. The second-order valence-electron chi connectivity index (χ2n) is 6.36. The summed E-state index contributed by atoms with van der Waals surface area (Å²) >= 11 is 0. The monoisotopic (exact) mass is 256 g/mol. The van der Waals surface area contributed by atoms with Crippen LogP contribution in [0.1, 0.15) is 66.7 Å². The smallest absolute Gasteiger partial charge is 0.00502 e. The Hall–Kier alpha value is -0.0800. The Balaban J connectivity index is 4.40. The van der Waals surface area contributed by atoms with Gasteiger partial charge in [0.25, 0.3) is 0 Å². The Morgan fingerprint density at radius 1 is 1.11 bits per heavy atom. The van der Waals surface area contributed by atoms with Crippen molar-refractivity contribution in [2.45, 2.75) is 72.8 Å². The molecule has 0 aromatic rings. The van der Waals surface area contributed by atoms with Gasteiger partial charge in [-0.25, -0.2) is 0 Å². The summed E-state index contributed by atoms with van der Waals surface area (Å²) in [6.07, 6.45) is 6.61. The van der Waals surface area contributed by atoms with E-state index in [1.54, 1.807) is 0 Å². The molecule has 0 radical (unpaired) electrons. The lowest BCUT2D eigenvalue weighted by Crippen LogP contribution is -2.44. The van der Waals surface area contributed by atoms with Gasteiger partial charge in [0.1, 0.15) is 0 Å². The van der Waals surface area contributed by atoms with Crippen LogP contribution in [0.2, 0.25) is 0 Å². The molecule has 1 N–H and O–H groups in total. The number of nitrogens with zero attached hydrogens (tertiary/aromatic N) is 1. The molecule has 0 amide bonds. The van der Waals surface area contributed by atoms with E-state index in [0.717, 1.165) is 6.54 Å². The van der Waals surface area contributed by atoms with Gasteiger partial charge in [0.2, 0.25) is 0 Å². The van der Waals surface area contributed by atoms with E-state index in [2.05, 4.69) is 51.9 Å². The molecule has 0 aromatic carbocycles. The summed E-state index contributed by atoms with van der Waals surface area (Å²) in [5.41, 5.74) is 0.417. The summed E-state index contributed by atoms with van der Waals surface area (Å²) in [5, 5.41) is 3.38. The van der Waals surface area contributed by atoms with Crippen LogP contribution in [0, 0.1) is 5.41 Å². The van der Waals surface area contributed by atoms with E-state index in [0.29, 0.717) is 11.5 Å². The molecule has 1 atom stereocenters. The van der Waals surface area contributed by atoms with E-state index in [9.17, 15) is 0 Å². The average Bonchev–Trinajstić information content (AvgIpc) is 2.28. The number of unbranched alkanes of at least 4 members (excludes halogenated alkanes) is 2. The van der Waals surface area contributed by atoms with E-state index in [4.69, 9.17) is 0 Å². The van der Waals surface area contributed by atoms with E-state index in [1.807, 2.05) is 0 Å². The van der Waals surface area contributed by atoms with Crippen LogP contribution in [0.4, 0.5) is 0 Å². The van der Waals surface area contributed by atoms with Gasteiger partial charge < -0.3 is 10.2 Å². The summed E-state index contributed by atoms with van der Waals surface area (Å²) in [7, 11) is 2.07. The zero-order chi connectivity index (χ0) is 14.0. The third kappa shape index (κ3) is 7.38. The number of hydrogen-bond donors (Lipinski definition) is 1. The first-order valence-electron chi connectivity index (χ1n) is 7.87. The molecule has 2 heteroatoms. The summed E-state index contributed by atoms with van der Waals surface area (Å²) in [6, 6.07) is 0.662. The number of nitrogens with one attached hydrogen (secondary N) is 1. The molecular weight excluding hydrogens is 220 g/mol. The van der Waals surface area contributed by atoms with Crippen molar-refractivity contribution in [2.24, 2.45) is 5.41 Å². The SMILES string of the molecule is CCCCCN(CC(C)(CCC)CNC)C(C)C. The quantitative estimate of drug-likeness (QED) is 0.564. The van der Waals surface area contributed by atoms with Gasteiger partial charge >= 0.3 is 0 Å². The van der Waals surface area contributed by atoms with Gasteiger partial charge in [0.05, 0.1) is 0 Å². The molecule has 0 heterocycles. The molecule has 0 saturated carbocycles. The highest BCUT2D eigenvalue weighted by atomic mass is 15.2. The Kier molecular flexibility index (Phi) is 9.76. The van der Waals surface area contributed by atoms with Crippen LogP contribution < -0.4 is 5.32 Å². The van der Waals surface area contributed by atoms with Gasteiger partial charge in [-0.3, -0.25) is 0 Å². The summed E-state index contributed by atoms with van der Waals surface area (Å²) in [6.45, 7) is 15.3. The fourth-order valence-electron chi connectivity index (χ4n) is 2.83. The topological polar surface area (TPSA) is 15.3 Å². The fraction of sp³-hybridized carbons (Fsp3) is 1.00. The second-order valence-corrected chi connectivity index (χ2v) is 6.36. The van der Waals surface area contributed by atoms with Crippen molar-refractivity contribution in [2.75, 3.05) is 26.7 Å². The zero-order valence-corrected chi connectivity index (χ0v) is 13.7. The summed E-state index contributed by atoms with van der Waals surface area (Å²) in [4.78, 5) is 2.67. The van der Waals surface area contributed by atoms with Gasteiger partial charge in [0, 0.05) is 19.1 Å². The van der Waals surface area contributed by atoms with Crippen molar-refractivity contribution in [3.05, 3.63) is 0 Å². The van der Waals surface area contributed by atoms with Crippen LogP contribution in [-0.2, 0) is 0 Å². The molecule has 0 aliphatic carbocycles. The Bertz CT molecular complexity index is 184. The molecule has 2 nitrogen and oxygen atoms in total. The van der Waals surface area contributed by atoms with E-state index in [-0.39, 0.29) is 0 Å². The van der Waals surface area contributed by atoms with Crippen molar-refractivity contribution in [3.8, 4) is 0 Å². The van der Waals surface area contributed by atoms with Crippen LogP contribution in [0.15, 0.2) is 0 Å². The van der Waals surface area contributed by atoms with Crippen LogP contribution in [0.5, 0.6) is 0 Å². The molecule has 0 aromatic heterocycles. The van der Waals surface area contributed by atoms with Gasteiger partial charge in [-0.15, -0.1) is 0 Å². The highest BCUT2D eigenvalue weighted by Crippen LogP contribution is 2.25. The standard InChI is InChI=1S/C16H36N2/c1-7-9-10-12-18(15(3)4)14-16(5,11-8-2)13-17-6/h15,17H,7-14H2,1-6H3. The molecule has 0 aliphatic rings. The highest BCUT2D eigenvalue weighted by Gasteiger charge is 2.26. The zero-order valence-electron chi connectivity index (χ0n) is 13.7. The first-order valence-corrected chi connectivity index (χ1v) is 7.87. The van der Waals surface area contributed by atoms with Crippen LogP contribution >= 0.6 is 0 Å². The number of rotatable bonds is 11. The summed E-state index contributed by atoms with van der Waals surface area (Å²) in [5.74, 6) is 0. The van der Waals surface area contributed by atoms with Gasteiger partial charge in [-0.2, -0.15) is 0 Å². The molecule has 0 saturated heterocycles. The second kappa shape index (κ2) is 9.80. The van der Waals surface area contributed by atoms with Crippen LogP contribution in [0.25, 0.3) is 0 Å². The maximum atomic E-state index is 3.38. The lowest BCUT2D eigenvalue weighted by molar-refractivity contribution is 0.122. The highest BCUT2D eigenvalue weighted by molar-refractivity contribution is 4.81. The molecule has 0 fully saturated rings. The van der Waals surface area contributed by atoms with E-state index < -0.39 is 0 Å². The number of hydrogen-bond acceptors (Lipinski definition) is 2. The lowest BCUT2D eigenvalue weighted by Gasteiger charge is -2.37. The first-order chi connectivity index (χ1) is 8.49. The lowest BCUT2D eigenvalue weighted by atomic mass is 9.84. The van der Waals surface area contributed by atoms with Gasteiger partial charge in [-0.1, -0.05) is 40.0 Å². The molecule has 110 valence electrons. The normalized spacial score (nSPS) is 15.3. The third-order valence-electron chi connectivity index (χ3n) is 3.82. The minimum absolute atomic E-state index is 0.417. The fourth-order valence-corrected chi connectivity index (χ4v) is 2.83. The van der Waals surface area contributed by atoms with Crippen LogP contribution in [-0.4, -0.2) is 37.6 Å². The Labute approximate surface area is 116 Å². The third-order valence-corrected chi connectivity index (χ3v) is 3.82. The molecule has 0 aliphatic heterocycles. The predicted octanol–water partition coefficient (Wildman–Crippen LogP) is 3.91. The van der Waals surface area contributed by atoms with E-state index >= 15 is 0 Å². The largest absolute Gasteiger partial charge is 0.319 e. The molecule has 0 bridgehead atoms. The minimum Gasteiger partial charge on any atom is -0.319 e. The van der Waals surface area contributed by atoms with Crippen molar-refractivity contribution in [1.82, 2.24) is 10.2 Å². The molecule has 1 unspecified atom stereocenters. The maximum Gasteiger partial charge on any atom is 0.00502 e. The van der Waals surface area contributed by atoms with Gasteiger partial charge in [-0.05, 0) is 45.7 Å². The van der Waals surface area contributed by atoms with Crippen molar-refractivity contribution < 1.29 is 0 Å². The maximum absolute atomic E-state index is 3.38. The van der Waals surface area contributed by atoms with Crippen molar-refractivity contribution >= 4 is 0 Å². The molecule has 0 rings (SSSR count). The predicted molar refractivity (Wildman–Crippen MR) is 83.2 cm³/mol. The molecular formula is C16H36N2. The van der Waals surface area contributed by atoms with Crippen LogP contribution in [0.3, 0.4) is 0 Å². The van der Waals surface area contributed by atoms with E-state index in [1.165, 1.54) is 45.2 Å². The van der Waals surface area contributed by atoms with Gasteiger partial charge in [0.15, 0.2) is 0 Å². The Morgan fingerprint density at radius 2 is 1.78 bits per heavy atom. The molecule has 18 heavy (non-hydrogen) atoms. The molecule has 0 spiro atoms. The Morgan fingerprint density at radius 3 is 2.22 bits per heavy atom. The van der Waals surface area contributed by atoms with Crippen molar-refractivity contribution in [3.63, 3.8) is 0 Å². The average molecular weight is 256 g/mol. The first kappa shape index (κ1) is 17.9. The van der Waals surface area contributed by atoms with Crippen molar-refractivity contribution in [1.29, 1.82) is 0 Å².